The molecule has 0 aromatic carbocycles. The highest BCUT2D eigenvalue weighted by molar-refractivity contribution is 5.70. The van der Waals surface area contributed by atoms with Gasteiger partial charge in [0, 0.05) is 12.7 Å². The molecule has 0 aliphatic heterocycles. The Morgan fingerprint density at radius 2 is 2.25 bits per heavy atom. The van der Waals surface area contributed by atoms with Crippen molar-refractivity contribution in [2.24, 2.45) is 0 Å². The van der Waals surface area contributed by atoms with Crippen LogP contribution >= 0.6 is 0 Å². The number of pyridine rings is 1. The second-order valence-electron chi connectivity index (χ2n) is 3.17. The van der Waals surface area contributed by atoms with Crippen molar-refractivity contribution < 1.29 is 0 Å². The van der Waals surface area contributed by atoms with E-state index in [0.29, 0.717) is 6.54 Å². The highest BCUT2D eigenvalue weighted by atomic mass is 15.0. The summed E-state index contributed by atoms with van der Waals surface area (Å²) in [5.41, 5.74) is 2.50. The Bertz CT molecular complexity index is 467. The maximum absolute atomic E-state index is 4.26. The minimum atomic E-state index is 0.674. The Labute approximate surface area is 94.1 Å². The van der Waals surface area contributed by atoms with E-state index in [-0.39, 0.29) is 0 Å². The van der Waals surface area contributed by atoms with Gasteiger partial charge < -0.3 is 5.32 Å². The fourth-order valence-corrected chi connectivity index (χ4v) is 1.35. The normalized spacial score (nSPS) is 9.75. The lowest BCUT2D eigenvalue weighted by atomic mass is 10.2. The standard InChI is InChI=1S/C12H12N4/c1-2-6-14-11-8-13-9-16-12(11)10-5-3-4-7-15-10/h2-5,7-9,14H,1,6H2. The zero-order valence-electron chi connectivity index (χ0n) is 8.80. The SMILES string of the molecule is C=CCNc1cncnc1-c1ccccn1. The van der Waals surface area contributed by atoms with Crippen LogP contribution in [-0.2, 0) is 0 Å². The van der Waals surface area contributed by atoms with E-state index < -0.39 is 0 Å². The molecule has 0 saturated heterocycles. The molecule has 0 aliphatic carbocycles. The van der Waals surface area contributed by atoms with Crippen molar-refractivity contribution in [2.45, 2.75) is 0 Å². The van der Waals surface area contributed by atoms with Crippen LogP contribution in [0.25, 0.3) is 11.4 Å². The Morgan fingerprint density at radius 1 is 1.31 bits per heavy atom. The first kappa shape index (κ1) is 10.3. The van der Waals surface area contributed by atoms with Gasteiger partial charge in [-0.1, -0.05) is 12.1 Å². The molecule has 2 heterocycles. The van der Waals surface area contributed by atoms with Crippen LogP contribution in [0.1, 0.15) is 0 Å². The van der Waals surface area contributed by atoms with E-state index in [1.165, 1.54) is 6.33 Å². The van der Waals surface area contributed by atoms with Crippen LogP contribution in [0, 0.1) is 0 Å². The van der Waals surface area contributed by atoms with Gasteiger partial charge in [0.05, 0.1) is 17.6 Å². The monoisotopic (exact) mass is 212 g/mol. The number of nitrogens with one attached hydrogen (secondary N) is 1. The van der Waals surface area contributed by atoms with Gasteiger partial charge in [-0.3, -0.25) is 4.98 Å². The first-order valence-electron chi connectivity index (χ1n) is 4.98. The van der Waals surface area contributed by atoms with E-state index in [1.54, 1.807) is 18.5 Å². The molecule has 2 rings (SSSR count). The van der Waals surface area contributed by atoms with Crippen molar-refractivity contribution in [1.29, 1.82) is 0 Å². The van der Waals surface area contributed by atoms with E-state index in [4.69, 9.17) is 0 Å². The van der Waals surface area contributed by atoms with Crippen molar-refractivity contribution in [3.8, 4) is 11.4 Å². The third-order valence-electron chi connectivity index (χ3n) is 2.06. The Kier molecular flexibility index (Phi) is 3.23. The summed E-state index contributed by atoms with van der Waals surface area (Å²) in [5.74, 6) is 0. The molecule has 2 aromatic rings. The number of hydrogen-bond donors (Lipinski definition) is 1. The van der Waals surface area contributed by atoms with Crippen LogP contribution in [0.15, 0.2) is 49.6 Å². The topological polar surface area (TPSA) is 50.7 Å². The summed E-state index contributed by atoms with van der Waals surface area (Å²) in [7, 11) is 0. The van der Waals surface area contributed by atoms with Gasteiger partial charge in [0.1, 0.15) is 12.0 Å². The molecule has 80 valence electrons. The second kappa shape index (κ2) is 5.02. The minimum absolute atomic E-state index is 0.674. The molecular weight excluding hydrogens is 200 g/mol. The minimum Gasteiger partial charge on any atom is -0.379 e. The van der Waals surface area contributed by atoms with E-state index in [2.05, 4.69) is 26.8 Å². The highest BCUT2D eigenvalue weighted by Gasteiger charge is 2.06. The van der Waals surface area contributed by atoms with Gasteiger partial charge in [0.15, 0.2) is 0 Å². The molecule has 0 bridgehead atoms. The zero-order valence-corrected chi connectivity index (χ0v) is 8.80. The summed E-state index contributed by atoms with van der Waals surface area (Å²) < 4.78 is 0. The first-order chi connectivity index (χ1) is 7.92. The zero-order chi connectivity index (χ0) is 11.2. The predicted octanol–water partition coefficient (Wildman–Crippen LogP) is 2.14. The lowest BCUT2D eigenvalue weighted by Gasteiger charge is -2.07. The van der Waals surface area contributed by atoms with Crippen molar-refractivity contribution in [3.05, 3.63) is 49.6 Å². The quantitative estimate of drug-likeness (QED) is 0.789. The second-order valence-corrected chi connectivity index (χ2v) is 3.17. The van der Waals surface area contributed by atoms with Gasteiger partial charge in [-0.15, -0.1) is 6.58 Å². The number of hydrogen-bond acceptors (Lipinski definition) is 4. The van der Waals surface area contributed by atoms with Crippen molar-refractivity contribution in [3.63, 3.8) is 0 Å². The molecule has 0 radical (unpaired) electrons. The Morgan fingerprint density at radius 3 is 3.00 bits per heavy atom. The molecular formula is C12H12N4. The molecule has 0 atom stereocenters. The third kappa shape index (κ3) is 2.23. The maximum atomic E-state index is 4.26. The molecule has 0 spiro atoms. The molecule has 0 fully saturated rings. The fourth-order valence-electron chi connectivity index (χ4n) is 1.35. The van der Waals surface area contributed by atoms with Crippen LogP contribution in [0.3, 0.4) is 0 Å². The third-order valence-corrected chi connectivity index (χ3v) is 2.06. The van der Waals surface area contributed by atoms with Crippen molar-refractivity contribution in [2.75, 3.05) is 11.9 Å². The van der Waals surface area contributed by atoms with E-state index in [1.807, 2.05) is 18.2 Å². The van der Waals surface area contributed by atoms with Crippen molar-refractivity contribution >= 4 is 5.69 Å². The summed E-state index contributed by atoms with van der Waals surface area (Å²) in [6.45, 7) is 4.33. The molecule has 16 heavy (non-hydrogen) atoms. The predicted molar refractivity (Wildman–Crippen MR) is 63.9 cm³/mol. The summed E-state index contributed by atoms with van der Waals surface area (Å²) in [6.07, 6.45) is 6.79. The van der Waals surface area contributed by atoms with E-state index >= 15 is 0 Å². The summed E-state index contributed by atoms with van der Waals surface area (Å²) in [6, 6.07) is 5.73. The molecule has 0 aliphatic rings. The van der Waals surface area contributed by atoms with Gasteiger partial charge in [0.2, 0.25) is 0 Å². The molecule has 0 unspecified atom stereocenters. The van der Waals surface area contributed by atoms with E-state index in [0.717, 1.165) is 17.1 Å². The number of nitrogens with zero attached hydrogens (tertiary/aromatic N) is 3. The lowest BCUT2D eigenvalue weighted by molar-refractivity contribution is 1.14. The van der Waals surface area contributed by atoms with Gasteiger partial charge >= 0.3 is 0 Å². The highest BCUT2D eigenvalue weighted by Crippen LogP contribution is 2.21. The van der Waals surface area contributed by atoms with Gasteiger partial charge in [-0.2, -0.15) is 0 Å². The molecule has 4 heteroatoms. The lowest BCUT2D eigenvalue weighted by Crippen LogP contribution is -2.02. The number of aromatic nitrogens is 3. The van der Waals surface area contributed by atoms with Crippen LogP contribution in [0.5, 0.6) is 0 Å². The van der Waals surface area contributed by atoms with Gasteiger partial charge in [0.25, 0.3) is 0 Å². The Hall–Kier alpha value is -2.23. The summed E-state index contributed by atoms with van der Waals surface area (Å²) in [4.78, 5) is 12.5. The maximum Gasteiger partial charge on any atom is 0.116 e. The largest absolute Gasteiger partial charge is 0.379 e. The molecule has 0 amide bonds. The molecule has 0 saturated carbocycles. The fraction of sp³-hybridized carbons (Fsp3) is 0.0833. The smallest absolute Gasteiger partial charge is 0.116 e. The number of rotatable bonds is 4. The molecule has 4 nitrogen and oxygen atoms in total. The number of anilines is 1. The summed E-state index contributed by atoms with van der Waals surface area (Å²) >= 11 is 0. The first-order valence-corrected chi connectivity index (χ1v) is 4.98. The van der Waals surface area contributed by atoms with Crippen LogP contribution < -0.4 is 5.32 Å². The van der Waals surface area contributed by atoms with Crippen molar-refractivity contribution in [1.82, 2.24) is 15.0 Å². The molecule has 1 N–H and O–H groups in total. The van der Waals surface area contributed by atoms with Crippen LogP contribution in [0.4, 0.5) is 5.69 Å². The van der Waals surface area contributed by atoms with Crippen LogP contribution in [-0.4, -0.2) is 21.5 Å². The average Bonchev–Trinajstić information content (AvgIpc) is 2.38. The summed E-state index contributed by atoms with van der Waals surface area (Å²) in [5, 5.41) is 3.18. The van der Waals surface area contributed by atoms with Gasteiger partial charge in [-0.25, -0.2) is 9.97 Å². The van der Waals surface area contributed by atoms with Gasteiger partial charge in [-0.05, 0) is 12.1 Å². The van der Waals surface area contributed by atoms with E-state index in [9.17, 15) is 0 Å². The molecule has 2 aromatic heterocycles. The average molecular weight is 212 g/mol. The Balaban J connectivity index is 2.36. The van der Waals surface area contributed by atoms with Crippen LogP contribution in [0.2, 0.25) is 0 Å².